The molecule has 1 heterocycles. The van der Waals surface area contributed by atoms with E-state index in [1.807, 2.05) is 36.6 Å². The van der Waals surface area contributed by atoms with Crippen LogP contribution in [0.25, 0.3) is 0 Å². The van der Waals surface area contributed by atoms with E-state index in [1.165, 1.54) is 18.7 Å². The number of ketones is 1. The van der Waals surface area contributed by atoms with Gasteiger partial charge in [0, 0.05) is 23.4 Å². The van der Waals surface area contributed by atoms with Crippen molar-refractivity contribution in [2.24, 2.45) is 0 Å². The van der Waals surface area contributed by atoms with Gasteiger partial charge in [0.2, 0.25) is 5.91 Å². The van der Waals surface area contributed by atoms with Gasteiger partial charge in [-0.2, -0.15) is 0 Å². The predicted molar refractivity (Wildman–Crippen MR) is 124 cm³/mol. The monoisotopic (exact) mass is 451 g/mol. The second kappa shape index (κ2) is 10.7. The summed E-state index contributed by atoms with van der Waals surface area (Å²) in [5.41, 5.74) is 2.82. The largest absolute Gasteiger partial charge is 0.345 e. The van der Waals surface area contributed by atoms with E-state index in [2.05, 4.69) is 20.8 Å². The van der Waals surface area contributed by atoms with Crippen molar-refractivity contribution in [1.82, 2.24) is 20.1 Å². The maximum Gasteiger partial charge on any atom is 0.251 e. The lowest BCUT2D eigenvalue weighted by atomic mass is 10.1. The highest BCUT2D eigenvalue weighted by molar-refractivity contribution is 7.99. The molecule has 9 heteroatoms. The number of aryl methyl sites for hydroxylation is 1. The Morgan fingerprint density at radius 2 is 1.78 bits per heavy atom. The van der Waals surface area contributed by atoms with Crippen LogP contribution in [-0.2, 0) is 17.9 Å². The molecule has 0 spiro atoms. The van der Waals surface area contributed by atoms with Crippen molar-refractivity contribution in [1.29, 1.82) is 0 Å². The molecule has 0 saturated heterocycles. The minimum atomic E-state index is -0.189. The molecule has 0 aliphatic carbocycles. The molecule has 0 atom stereocenters. The number of aromatic nitrogens is 3. The number of nitrogens with one attached hydrogen (secondary N) is 2. The molecule has 2 N–H and O–H groups in total. The summed E-state index contributed by atoms with van der Waals surface area (Å²) < 4.78 is 1.87. The highest BCUT2D eigenvalue weighted by Gasteiger charge is 2.15. The maximum absolute atomic E-state index is 12.4. The standard InChI is InChI=1S/C23H25N5O3S/c1-4-28-20(13-24-22(31)18-7-5-6-15(2)12-18)26-27-23(28)32-14-21(30)25-19-10-8-17(9-11-19)16(3)29/h5-12H,4,13-14H2,1-3H3,(H,24,31)(H,25,30). The van der Waals surface area contributed by atoms with Crippen molar-refractivity contribution < 1.29 is 14.4 Å². The molecule has 0 unspecified atom stereocenters. The van der Waals surface area contributed by atoms with Gasteiger partial charge in [-0.25, -0.2) is 0 Å². The number of benzene rings is 2. The lowest BCUT2D eigenvalue weighted by Gasteiger charge is -2.09. The van der Waals surface area contributed by atoms with Crippen LogP contribution in [-0.4, -0.2) is 38.1 Å². The summed E-state index contributed by atoms with van der Waals surface area (Å²) in [5.74, 6) is 0.385. The molecule has 1 aromatic heterocycles. The Labute approximate surface area is 190 Å². The van der Waals surface area contributed by atoms with E-state index in [4.69, 9.17) is 0 Å². The van der Waals surface area contributed by atoms with Gasteiger partial charge in [-0.15, -0.1) is 10.2 Å². The normalized spacial score (nSPS) is 10.6. The van der Waals surface area contributed by atoms with Crippen molar-refractivity contribution in [3.8, 4) is 0 Å². The first kappa shape index (κ1) is 23.2. The minimum absolute atomic E-state index is 0.0248. The van der Waals surface area contributed by atoms with Gasteiger partial charge >= 0.3 is 0 Å². The zero-order chi connectivity index (χ0) is 23.1. The summed E-state index contributed by atoms with van der Waals surface area (Å²) in [7, 11) is 0. The van der Waals surface area contributed by atoms with E-state index in [9.17, 15) is 14.4 Å². The fraction of sp³-hybridized carbons (Fsp3) is 0.261. The van der Waals surface area contributed by atoms with Crippen molar-refractivity contribution in [2.75, 3.05) is 11.1 Å². The van der Waals surface area contributed by atoms with Crippen LogP contribution in [0.5, 0.6) is 0 Å². The van der Waals surface area contributed by atoms with Crippen LogP contribution in [0.2, 0.25) is 0 Å². The summed E-state index contributed by atoms with van der Waals surface area (Å²) in [6, 6.07) is 14.1. The van der Waals surface area contributed by atoms with Crippen LogP contribution < -0.4 is 10.6 Å². The number of Topliss-reactive ketones (excluding diaryl/α,β-unsaturated/α-hetero) is 1. The Morgan fingerprint density at radius 1 is 1.03 bits per heavy atom. The number of carbonyl (C=O) groups excluding carboxylic acids is 3. The summed E-state index contributed by atoms with van der Waals surface area (Å²) >= 11 is 1.27. The van der Waals surface area contributed by atoms with E-state index in [0.717, 1.165) is 5.56 Å². The number of amides is 2. The second-order valence-corrected chi connectivity index (χ2v) is 8.11. The Hall–Kier alpha value is -3.46. The van der Waals surface area contributed by atoms with Gasteiger partial charge in [-0.05, 0) is 57.2 Å². The second-order valence-electron chi connectivity index (χ2n) is 7.17. The molecule has 8 nitrogen and oxygen atoms in total. The third kappa shape index (κ3) is 6.04. The number of hydrogen-bond donors (Lipinski definition) is 2. The van der Waals surface area contributed by atoms with Crippen LogP contribution in [0, 0.1) is 6.92 Å². The van der Waals surface area contributed by atoms with Crippen LogP contribution in [0.4, 0.5) is 5.69 Å². The van der Waals surface area contributed by atoms with Gasteiger partial charge in [-0.3, -0.25) is 14.4 Å². The van der Waals surface area contributed by atoms with Gasteiger partial charge in [0.15, 0.2) is 16.8 Å². The summed E-state index contributed by atoms with van der Waals surface area (Å²) in [5, 5.41) is 14.6. The van der Waals surface area contributed by atoms with Crippen LogP contribution in [0.3, 0.4) is 0 Å². The molecule has 0 radical (unpaired) electrons. The molecule has 0 fully saturated rings. The third-order valence-corrected chi connectivity index (χ3v) is 5.67. The average Bonchev–Trinajstić information content (AvgIpc) is 3.18. The van der Waals surface area contributed by atoms with Gasteiger partial charge in [0.1, 0.15) is 0 Å². The van der Waals surface area contributed by atoms with E-state index in [0.29, 0.717) is 34.3 Å². The van der Waals surface area contributed by atoms with Gasteiger partial charge in [-0.1, -0.05) is 29.5 Å². The fourth-order valence-electron chi connectivity index (χ4n) is 3.04. The van der Waals surface area contributed by atoms with Gasteiger partial charge < -0.3 is 15.2 Å². The smallest absolute Gasteiger partial charge is 0.251 e. The van der Waals surface area contributed by atoms with Crippen LogP contribution >= 0.6 is 11.8 Å². The van der Waals surface area contributed by atoms with Gasteiger partial charge in [0.25, 0.3) is 5.91 Å². The fourth-order valence-corrected chi connectivity index (χ4v) is 3.86. The molecule has 166 valence electrons. The van der Waals surface area contributed by atoms with E-state index >= 15 is 0 Å². The molecular weight excluding hydrogens is 426 g/mol. The number of nitrogens with zero attached hydrogens (tertiary/aromatic N) is 3. The van der Waals surface area contributed by atoms with Crippen molar-refractivity contribution in [3.05, 3.63) is 71.0 Å². The Balaban J connectivity index is 1.55. The van der Waals surface area contributed by atoms with Crippen LogP contribution in [0.15, 0.2) is 53.7 Å². The lowest BCUT2D eigenvalue weighted by molar-refractivity contribution is -0.113. The third-order valence-electron chi connectivity index (χ3n) is 4.70. The van der Waals surface area contributed by atoms with Crippen molar-refractivity contribution in [2.45, 2.75) is 39.0 Å². The zero-order valence-electron chi connectivity index (χ0n) is 18.2. The van der Waals surface area contributed by atoms with Gasteiger partial charge in [0.05, 0.1) is 12.3 Å². The first-order chi connectivity index (χ1) is 15.4. The van der Waals surface area contributed by atoms with Crippen LogP contribution in [0.1, 0.15) is 46.0 Å². The minimum Gasteiger partial charge on any atom is -0.345 e. The summed E-state index contributed by atoms with van der Waals surface area (Å²) in [4.78, 5) is 36.0. The SMILES string of the molecule is CCn1c(CNC(=O)c2cccc(C)c2)nnc1SCC(=O)Nc1ccc(C(C)=O)cc1. The first-order valence-corrected chi connectivity index (χ1v) is 11.2. The molecule has 0 bridgehead atoms. The number of hydrogen-bond acceptors (Lipinski definition) is 6. The maximum atomic E-state index is 12.4. The Bertz CT molecular complexity index is 1120. The topological polar surface area (TPSA) is 106 Å². The Morgan fingerprint density at radius 3 is 2.44 bits per heavy atom. The first-order valence-electron chi connectivity index (χ1n) is 10.2. The summed E-state index contributed by atoms with van der Waals surface area (Å²) in [6.07, 6.45) is 0. The molecule has 0 aliphatic rings. The average molecular weight is 452 g/mol. The molecule has 2 aromatic carbocycles. The molecule has 0 saturated carbocycles. The summed E-state index contributed by atoms with van der Waals surface area (Å²) in [6.45, 7) is 6.24. The number of anilines is 1. The molecule has 2 amide bonds. The zero-order valence-corrected chi connectivity index (χ0v) is 19.0. The predicted octanol–water partition coefficient (Wildman–Crippen LogP) is 3.47. The molecule has 32 heavy (non-hydrogen) atoms. The number of carbonyl (C=O) groups is 3. The molecule has 3 aromatic rings. The van der Waals surface area contributed by atoms with Crippen molar-refractivity contribution in [3.63, 3.8) is 0 Å². The highest BCUT2D eigenvalue weighted by atomic mass is 32.2. The van der Waals surface area contributed by atoms with E-state index < -0.39 is 0 Å². The Kier molecular flexibility index (Phi) is 7.77. The number of thioether (sulfide) groups is 1. The lowest BCUT2D eigenvalue weighted by Crippen LogP contribution is -2.25. The van der Waals surface area contributed by atoms with E-state index in [1.54, 1.807) is 30.3 Å². The molecule has 0 aliphatic heterocycles. The van der Waals surface area contributed by atoms with Crippen molar-refractivity contribution >= 4 is 35.0 Å². The highest BCUT2D eigenvalue weighted by Crippen LogP contribution is 2.18. The number of rotatable bonds is 9. The molecular formula is C23H25N5O3S. The van der Waals surface area contributed by atoms with E-state index in [-0.39, 0.29) is 29.9 Å². The molecule has 3 rings (SSSR count). The quantitative estimate of drug-likeness (QED) is 0.381.